The average Bonchev–Trinajstić information content (AvgIpc) is 2.92. The molecule has 5 nitrogen and oxygen atoms in total. The fourth-order valence-electron chi connectivity index (χ4n) is 2.58. The molecule has 0 N–H and O–H groups in total. The van der Waals surface area contributed by atoms with E-state index in [0.29, 0.717) is 19.7 Å². The van der Waals surface area contributed by atoms with Crippen LogP contribution in [0.1, 0.15) is 32.8 Å². The Hall–Kier alpha value is -1.88. The Morgan fingerprint density at radius 1 is 1.36 bits per heavy atom. The van der Waals surface area contributed by atoms with Crippen LogP contribution in [0.5, 0.6) is 5.75 Å². The molecule has 1 unspecified atom stereocenters. The predicted molar refractivity (Wildman–Crippen MR) is 82.5 cm³/mol. The van der Waals surface area contributed by atoms with Crippen molar-refractivity contribution in [2.45, 2.75) is 32.6 Å². The number of benzene rings is 1. The maximum Gasteiger partial charge on any atom is 0.390 e. The number of nitrogens with zero attached hydrogens (tertiary/aromatic N) is 1. The molecule has 1 aromatic carbocycles. The number of para-hydroxylation sites is 1. The van der Waals surface area contributed by atoms with Gasteiger partial charge in [0, 0.05) is 19.0 Å². The summed E-state index contributed by atoms with van der Waals surface area (Å²) < 4.78 is 5.99. The Morgan fingerprint density at radius 3 is 2.77 bits per heavy atom. The van der Waals surface area contributed by atoms with Gasteiger partial charge in [0.05, 0.1) is 6.61 Å². The van der Waals surface area contributed by atoms with E-state index in [4.69, 9.17) is 9.57 Å². The number of aldehydes is 1. The van der Waals surface area contributed by atoms with E-state index in [-0.39, 0.29) is 17.6 Å². The molecule has 0 aromatic heterocycles. The van der Waals surface area contributed by atoms with Gasteiger partial charge in [0.2, 0.25) is 6.29 Å². The molecular formula is C17H23NO4. The molecule has 0 aliphatic carbocycles. The summed E-state index contributed by atoms with van der Waals surface area (Å²) in [6.45, 7) is 8.27. The lowest BCUT2D eigenvalue weighted by molar-refractivity contribution is -0.185. The molecule has 1 aromatic rings. The van der Waals surface area contributed by atoms with Crippen LogP contribution >= 0.6 is 0 Å². The minimum Gasteiger partial charge on any atom is -0.493 e. The molecule has 1 aliphatic heterocycles. The monoisotopic (exact) mass is 305 g/mol. The van der Waals surface area contributed by atoms with Crippen LogP contribution in [0.25, 0.3) is 0 Å². The highest BCUT2D eigenvalue weighted by Gasteiger charge is 2.26. The van der Waals surface area contributed by atoms with Gasteiger partial charge in [-0.15, -0.1) is 5.06 Å². The van der Waals surface area contributed by atoms with Crippen molar-refractivity contribution in [2.24, 2.45) is 5.92 Å². The highest BCUT2D eigenvalue weighted by atomic mass is 16.7. The van der Waals surface area contributed by atoms with Crippen LogP contribution in [0.15, 0.2) is 24.3 Å². The lowest BCUT2D eigenvalue weighted by Crippen LogP contribution is -2.26. The number of hydrogen-bond acceptors (Lipinski definition) is 5. The second kappa shape index (κ2) is 6.92. The highest BCUT2D eigenvalue weighted by molar-refractivity contribution is 6.20. The first-order valence-corrected chi connectivity index (χ1v) is 7.54. The Bertz CT molecular complexity index is 536. The van der Waals surface area contributed by atoms with E-state index in [1.54, 1.807) is 0 Å². The van der Waals surface area contributed by atoms with Gasteiger partial charge in [0.1, 0.15) is 5.75 Å². The Kier molecular flexibility index (Phi) is 5.19. The molecule has 1 fully saturated rings. The molecule has 1 heterocycles. The smallest absolute Gasteiger partial charge is 0.390 e. The quantitative estimate of drug-likeness (QED) is 0.617. The molecule has 120 valence electrons. The molecule has 22 heavy (non-hydrogen) atoms. The summed E-state index contributed by atoms with van der Waals surface area (Å²) in [7, 11) is 0. The van der Waals surface area contributed by atoms with Crippen molar-refractivity contribution in [3.8, 4) is 5.75 Å². The highest BCUT2D eigenvalue weighted by Crippen LogP contribution is 2.31. The van der Waals surface area contributed by atoms with Crippen LogP contribution in [0, 0.1) is 5.92 Å². The van der Waals surface area contributed by atoms with Crippen LogP contribution < -0.4 is 4.74 Å². The van der Waals surface area contributed by atoms with Crippen molar-refractivity contribution in [1.82, 2.24) is 5.06 Å². The summed E-state index contributed by atoms with van der Waals surface area (Å²) >= 11 is 0. The lowest BCUT2D eigenvalue weighted by Gasteiger charge is -2.23. The molecule has 5 heteroatoms. The fraction of sp³-hybridized carbons (Fsp3) is 0.529. The second-order valence-corrected chi connectivity index (χ2v) is 6.63. The first-order valence-electron chi connectivity index (χ1n) is 7.54. The zero-order chi connectivity index (χ0) is 16.2. The van der Waals surface area contributed by atoms with E-state index in [9.17, 15) is 9.59 Å². The van der Waals surface area contributed by atoms with Gasteiger partial charge in [-0.25, -0.2) is 4.79 Å². The minimum absolute atomic E-state index is 0.0256. The van der Waals surface area contributed by atoms with Crippen molar-refractivity contribution in [2.75, 3.05) is 19.7 Å². The van der Waals surface area contributed by atoms with Gasteiger partial charge in [-0.05, 0) is 23.5 Å². The summed E-state index contributed by atoms with van der Waals surface area (Å²) in [5.41, 5.74) is 1.20. The minimum atomic E-state index is -0.848. The predicted octanol–water partition coefficient (Wildman–Crippen LogP) is 2.34. The summed E-state index contributed by atoms with van der Waals surface area (Å²) in [5, 5.41) is 1.53. The summed E-state index contributed by atoms with van der Waals surface area (Å²) in [6.07, 6.45) is 1.06. The second-order valence-electron chi connectivity index (χ2n) is 6.63. The van der Waals surface area contributed by atoms with Gasteiger partial charge in [-0.2, -0.15) is 0 Å². The molecular weight excluding hydrogens is 282 g/mol. The number of ether oxygens (including phenoxy) is 1. The zero-order valence-electron chi connectivity index (χ0n) is 13.4. The topological polar surface area (TPSA) is 55.8 Å². The number of hydrogen-bond donors (Lipinski definition) is 0. The molecule has 1 aliphatic rings. The standard InChI is InChI=1S/C17H23NO4/c1-17(2,3)14-6-4-5-7-15(14)21-12-13-8-9-18(10-13)22-16(20)11-19/h4-7,11,13H,8-10,12H2,1-3H3. The van der Waals surface area contributed by atoms with Gasteiger partial charge < -0.3 is 9.57 Å². The van der Waals surface area contributed by atoms with Crippen molar-refractivity contribution < 1.29 is 19.2 Å². The van der Waals surface area contributed by atoms with Crippen LogP contribution in [-0.2, 0) is 19.8 Å². The van der Waals surface area contributed by atoms with E-state index in [2.05, 4.69) is 26.8 Å². The van der Waals surface area contributed by atoms with Gasteiger partial charge in [0.15, 0.2) is 0 Å². The number of rotatable bonds is 5. The first kappa shape index (κ1) is 16.5. The van der Waals surface area contributed by atoms with E-state index >= 15 is 0 Å². The Balaban J connectivity index is 1.90. The van der Waals surface area contributed by atoms with Gasteiger partial charge in [-0.3, -0.25) is 4.79 Å². The van der Waals surface area contributed by atoms with Crippen LogP contribution in [-0.4, -0.2) is 37.0 Å². The van der Waals surface area contributed by atoms with Crippen molar-refractivity contribution >= 4 is 12.3 Å². The maximum absolute atomic E-state index is 10.9. The number of carbonyl (C=O) groups is 2. The summed E-state index contributed by atoms with van der Waals surface area (Å²) in [4.78, 5) is 26.1. The van der Waals surface area contributed by atoms with E-state index < -0.39 is 5.97 Å². The normalized spacial score (nSPS) is 19.0. The first-order chi connectivity index (χ1) is 10.4. The Labute approximate surface area is 131 Å². The van der Waals surface area contributed by atoms with Gasteiger partial charge in [0.25, 0.3) is 0 Å². The van der Waals surface area contributed by atoms with E-state index in [0.717, 1.165) is 12.2 Å². The largest absolute Gasteiger partial charge is 0.493 e. The third-order valence-corrected chi connectivity index (χ3v) is 3.73. The van der Waals surface area contributed by atoms with Crippen molar-refractivity contribution in [3.63, 3.8) is 0 Å². The summed E-state index contributed by atoms with van der Waals surface area (Å²) in [5.74, 6) is 0.338. The molecule has 2 rings (SSSR count). The number of hydroxylamine groups is 2. The van der Waals surface area contributed by atoms with Gasteiger partial charge >= 0.3 is 5.97 Å². The van der Waals surface area contributed by atoms with Crippen LogP contribution in [0.2, 0.25) is 0 Å². The van der Waals surface area contributed by atoms with Crippen molar-refractivity contribution in [1.29, 1.82) is 0 Å². The van der Waals surface area contributed by atoms with Gasteiger partial charge in [-0.1, -0.05) is 39.0 Å². The third kappa shape index (κ3) is 4.31. The molecule has 0 radical (unpaired) electrons. The van der Waals surface area contributed by atoms with E-state index in [1.165, 1.54) is 10.6 Å². The SMILES string of the molecule is CC(C)(C)c1ccccc1OCC1CCN(OC(=O)C=O)C1. The molecule has 0 spiro atoms. The average molecular weight is 305 g/mol. The summed E-state index contributed by atoms with van der Waals surface area (Å²) in [6, 6.07) is 8.06. The van der Waals surface area contributed by atoms with Crippen LogP contribution in [0.4, 0.5) is 0 Å². The maximum atomic E-state index is 10.9. The van der Waals surface area contributed by atoms with Crippen molar-refractivity contribution in [3.05, 3.63) is 29.8 Å². The number of carbonyl (C=O) groups excluding carboxylic acids is 2. The zero-order valence-corrected chi connectivity index (χ0v) is 13.4. The Morgan fingerprint density at radius 2 is 2.09 bits per heavy atom. The molecule has 0 amide bonds. The van der Waals surface area contributed by atoms with E-state index in [1.807, 2.05) is 18.2 Å². The fourth-order valence-corrected chi connectivity index (χ4v) is 2.58. The molecule has 0 bridgehead atoms. The molecule has 1 saturated heterocycles. The molecule has 0 saturated carbocycles. The molecule has 1 atom stereocenters. The third-order valence-electron chi connectivity index (χ3n) is 3.73. The van der Waals surface area contributed by atoms with Crippen LogP contribution in [0.3, 0.4) is 0 Å². The lowest BCUT2D eigenvalue weighted by atomic mass is 9.86.